The molecular weight excluding hydrogens is 414 g/mol. The van der Waals surface area contributed by atoms with Crippen molar-refractivity contribution in [3.63, 3.8) is 0 Å². The Morgan fingerprint density at radius 3 is 2.77 bits per heavy atom. The van der Waals surface area contributed by atoms with E-state index in [2.05, 4.69) is 4.98 Å². The van der Waals surface area contributed by atoms with Crippen molar-refractivity contribution >= 4 is 46.2 Å². The first kappa shape index (κ1) is 20.8. The van der Waals surface area contributed by atoms with Crippen LogP contribution in [0.5, 0.6) is 0 Å². The number of benzene rings is 1. The lowest BCUT2D eigenvalue weighted by molar-refractivity contribution is -0.142. The Hall–Kier alpha value is -2.51. The summed E-state index contributed by atoms with van der Waals surface area (Å²) in [6, 6.07) is 12.9. The van der Waals surface area contributed by atoms with Gasteiger partial charge in [-0.3, -0.25) is 19.5 Å². The summed E-state index contributed by atoms with van der Waals surface area (Å²) in [5, 5.41) is 0. The maximum Gasteiger partial charge on any atom is 0.266 e. The zero-order valence-electron chi connectivity index (χ0n) is 16.7. The predicted molar refractivity (Wildman–Crippen MR) is 123 cm³/mol. The van der Waals surface area contributed by atoms with E-state index in [1.54, 1.807) is 13.1 Å². The highest BCUT2D eigenvalue weighted by molar-refractivity contribution is 8.26. The fourth-order valence-corrected chi connectivity index (χ4v) is 5.40. The van der Waals surface area contributed by atoms with Crippen LogP contribution < -0.4 is 0 Å². The van der Waals surface area contributed by atoms with E-state index in [0.717, 1.165) is 30.4 Å². The second-order valence-corrected chi connectivity index (χ2v) is 9.14. The topological polar surface area (TPSA) is 53.5 Å². The van der Waals surface area contributed by atoms with Crippen molar-refractivity contribution in [2.75, 3.05) is 6.54 Å². The van der Waals surface area contributed by atoms with Crippen molar-refractivity contribution in [1.82, 2.24) is 14.8 Å². The molecule has 0 aliphatic carbocycles. The Morgan fingerprint density at radius 2 is 2.03 bits per heavy atom. The molecule has 2 unspecified atom stereocenters. The number of thioether (sulfide) groups is 1. The molecule has 4 rings (SSSR count). The highest BCUT2D eigenvalue weighted by Crippen LogP contribution is 2.36. The number of likely N-dealkylation sites (tertiary alicyclic amines) is 1. The molecule has 2 atom stereocenters. The number of thiocarbonyl (C=S) groups is 1. The number of carbonyl (C=O) groups is 2. The Morgan fingerprint density at radius 1 is 1.23 bits per heavy atom. The molecule has 2 aliphatic rings. The first-order valence-corrected chi connectivity index (χ1v) is 11.3. The minimum Gasteiger partial charge on any atom is -0.334 e. The van der Waals surface area contributed by atoms with Crippen molar-refractivity contribution in [3.05, 3.63) is 70.9 Å². The van der Waals surface area contributed by atoms with Crippen LogP contribution in [-0.2, 0) is 9.59 Å². The number of pyridine rings is 1. The number of amides is 2. The predicted octanol–water partition coefficient (Wildman–Crippen LogP) is 4.43. The van der Waals surface area contributed by atoms with Gasteiger partial charge in [-0.05, 0) is 49.5 Å². The smallest absolute Gasteiger partial charge is 0.266 e. The van der Waals surface area contributed by atoms with Crippen LogP contribution in [0.2, 0.25) is 0 Å². The first-order chi connectivity index (χ1) is 14.6. The van der Waals surface area contributed by atoms with Crippen LogP contribution >= 0.6 is 24.0 Å². The lowest BCUT2D eigenvalue weighted by Gasteiger charge is -2.38. The summed E-state index contributed by atoms with van der Waals surface area (Å²) in [6.07, 6.45) is 8.32. The van der Waals surface area contributed by atoms with E-state index in [1.807, 2.05) is 59.6 Å². The van der Waals surface area contributed by atoms with E-state index in [0.29, 0.717) is 15.8 Å². The third-order valence-electron chi connectivity index (χ3n) is 5.52. The van der Waals surface area contributed by atoms with Gasteiger partial charge in [-0.15, -0.1) is 0 Å². The van der Waals surface area contributed by atoms with E-state index < -0.39 is 6.04 Å². The van der Waals surface area contributed by atoms with Crippen LogP contribution in [0.4, 0.5) is 0 Å². The molecule has 154 valence electrons. The Balaban J connectivity index is 1.55. The molecule has 1 aromatic heterocycles. The van der Waals surface area contributed by atoms with Gasteiger partial charge < -0.3 is 4.90 Å². The summed E-state index contributed by atoms with van der Waals surface area (Å²) in [5.74, 6) is -0.273. The van der Waals surface area contributed by atoms with Gasteiger partial charge in [0.1, 0.15) is 10.4 Å². The fourth-order valence-electron chi connectivity index (χ4n) is 3.98. The Kier molecular flexibility index (Phi) is 6.29. The lowest BCUT2D eigenvalue weighted by Crippen LogP contribution is -2.51. The minimum absolute atomic E-state index is 0.0133. The molecule has 5 nitrogen and oxygen atoms in total. The van der Waals surface area contributed by atoms with Gasteiger partial charge in [0, 0.05) is 18.9 Å². The van der Waals surface area contributed by atoms with Crippen molar-refractivity contribution < 1.29 is 9.59 Å². The minimum atomic E-state index is -0.642. The molecule has 30 heavy (non-hydrogen) atoms. The average molecular weight is 438 g/mol. The van der Waals surface area contributed by atoms with Gasteiger partial charge in [0.05, 0.1) is 10.9 Å². The number of carbonyl (C=O) groups excluding carboxylic acids is 2. The monoisotopic (exact) mass is 437 g/mol. The number of hydrogen-bond acceptors (Lipinski definition) is 5. The second kappa shape index (κ2) is 9.10. The SMILES string of the molecule is CC(C(=O)N1CCCCC1c1cccnc1)N1C(=O)C(=Cc2ccccc2)SC1=S. The van der Waals surface area contributed by atoms with E-state index in [1.165, 1.54) is 16.7 Å². The van der Waals surface area contributed by atoms with E-state index in [9.17, 15) is 9.59 Å². The molecule has 0 saturated carbocycles. The van der Waals surface area contributed by atoms with Crippen molar-refractivity contribution in [2.45, 2.75) is 38.3 Å². The van der Waals surface area contributed by atoms with E-state index in [4.69, 9.17) is 12.2 Å². The number of piperidine rings is 1. The maximum atomic E-state index is 13.4. The number of hydrogen-bond donors (Lipinski definition) is 0. The molecule has 0 N–H and O–H groups in total. The Bertz CT molecular complexity index is 978. The molecule has 2 fully saturated rings. The maximum absolute atomic E-state index is 13.4. The fraction of sp³-hybridized carbons (Fsp3) is 0.304. The molecule has 3 heterocycles. The Labute approximate surface area is 186 Å². The van der Waals surface area contributed by atoms with Crippen LogP contribution in [0.3, 0.4) is 0 Å². The number of rotatable bonds is 4. The largest absolute Gasteiger partial charge is 0.334 e. The molecule has 0 bridgehead atoms. The van der Waals surface area contributed by atoms with Gasteiger partial charge in [-0.25, -0.2) is 0 Å². The van der Waals surface area contributed by atoms with Crippen LogP contribution in [0.25, 0.3) is 6.08 Å². The summed E-state index contributed by atoms with van der Waals surface area (Å²) in [7, 11) is 0. The van der Waals surface area contributed by atoms with Gasteiger partial charge in [0.15, 0.2) is 0 Å². The van der Waals surface area contributed by atoms with Crippen molar-refractivity contribution in [1.29, 1.82) is 0 Å². The van der Waals surface area contributed by atoms with E-state index >= 15 is 0 Å². The molecule has 0 spiro atoms. The zero-order valence-corrected chi connectivity index (χ0v) is 18.4. The van der Waals surface area contributed by atoms with Gasteiger partial charge in [-0.2, -0.15) is 0 Å². The molecule has 2 amide bonds. The van der Waals surface area contributed by atoms with Gasteiger partial charge >= 0.3 is 0 Å². The standard InChI is InChI=1S/C23H23N3O2S2/c1-16(21(27)25-13-6-5-11-19(25)18-10-7-12-24-15-18)26-22(28)20(30-23(26)29)14-17-8-3-2-4-9-17/h2-4,7-10,12,14-16,19H,5-6,11,13H2,1H3. The van der Waals surface area contributed by atoms with Crippen LogP contribution in [0.1, 0.15) is 43.4 Å². The molecule has 2 aliphatic heterocycles. The van der Waals surface area contributed by atoms with Gasteiger partial charge in [-0.1, -0.05) is 60.4 Å². The summed E-state index contributed by atoms with van der Waals surface area (Å²) in [4.78, 5) is 34.6. The summed E-state index contributed by atoms with van der Waals surface area (Å²) in [5.41, 5.74) is 1.97. The summed E-state index contributed by atoms with van der Waals surface area (Å²) < 4.78 is 0.429. The summed E-state index contributed by atoms with van der Waals surface area (Å²) in [6.45, 7) is 2.45. The highest BCUT2D eigenvalue weighted by atomic mass is 32.2. The second-order valence-electron chi connectivity index (χ2n) is 7.47. The highest BCUT2D eigenvalue weighted by Gasteiger charge is 2.41. The quantitative estimate of drug-likeness (QED) is 0.523. The third kappa shape index (κ3) is 4.18. The summed E-state index contributed by atoms with van der Waals surface area (Å²) >= 11 is 6.73. The molecule has 0 radical (unpaired) electrons. The van der Waals surface area contributed by atoms with Gasteiger partial charge in [0.2, 0.25) is 5.91 Å². The van der Waals surface area contributed by atoms with Crippen molar-refractivity contribution in [3.8, 4) is 0 Å². The van der Waals surface area contributed by atoms with Crippen molar-refractivity contribution in [2.24, 2.45) is 0 Å². The molecule has 2 saturated heterocycles. The molecule has 2 aromatic rings. The average Bonchev–Trinajstić information content (AvgIpc) is 3.06. The molecule has 7 heteroatoms. The molecular formula is C23H23N3O2S2. The van der Waals surface area contributed by atoms with Crippen LogP contribution in [0, 0.1) is 0 Å². The lowest BCUT2D eigenvalue weighted by atomic mass is 9.95. The zero-order chi connectivity index (χ0) is 21.1. The van der Waals surface area contributed by atoms with Gasteiger partial charge in [0.25, 0.3) is 5.91 Å². The normalized spacial score (nSPS) is 21.9. The number of nitrogens with zero attached hydrogens (tertiary/aromatic N) is 3. The van der Waals surface area contributed by atoms with Crippen LogP contribution in [0.15, 0.2) is 59.8 Å². The van der Waals surface area contributed by atoms with Crippen LogP contribution in [-0.4, -0.2) is 43.5 Å². The molecule has 1 aromatic carbocycles. The number of aromatic nitrogens is 1. The first-order valence-electron chi connectivity index (χ1n) is 10.1. The third-order valence-corrected chi connectivity index (χ3v) is 6.85. The van der Waals surface area contributed by atoms with E-state index in [-0.39, 0.29) is 17.9 Å².